The lowest BCUT2D eigenvalue weighted by Gasteiger charge is -2.28. The van der Waals surface area contributed by atoms with E-state index in [1.54, 1.807) is 6.20 Å². The van der Waals surface area contributed by atoms with Crippen LogP contribution in [0.3, 0.4) is 0 Å². The molecule has 0 unspecified atom stereocenters. The van der Waals surface area contributed by atoms with Gasteiger partial charge in [0, 0.05) is 41.9 Å². The summed E-state index contributed by atoms with van der Waals surface area (Å²) in [5, 5.41) is 6.52. The van der Waals surface area contributed by atoms with E-state index < -0.39 is 0 Å². The van der Waals surface area contributed by atoms with Crippen LogP contribution in [0.1, 0.15) is 26.2 Å². The summed E-state index contributed by atoms with van der Waals surface area (Å²) in [5.74, 6) is 0.203. The number of hydrogen-bond acceptors (Lipinski definition) is 7. The zero-order valence-electron chi connectivity index (χ0n) is 19.5. The Morgan fingerprint density at radius 3 is 2.44 bits per heavy atom. The molecule has 1 aliphatic heterocycles. The Kier molecular flexibility index (Phi) is 7.93. The predicted octanol–water partition coefficient (Wildman–Crippen LogP) is 4.18. The van der Waals surface area contributed by atoms with Crippen molar-refractivity contribution < 1.29 is 9.53 Å². The number of nitrogens with one attached hydrogen (secondary N) is 2. The van der Waals surface area contributed by atoms with Crippen LogP contribution in [-0.2, 0) is 9.53 Å². The first-order valence-electron chi connectivity index (χ1n) is 11.8. The summed E-state index contributed by atoms with van der Waals surface area (Å²) in [6.45, 7) is 5.45. The van der Waals surface area contributed by atoms with E-state index in [1.165, 1.54) is 5.69 Å². The number of benzene rings is 2. The molecule has 1 aliphatic rings. The van der Waals surface area contributed by atoms with Gasteiger partial charge in [-0.25, -0.2) is 9.97 Å². The van der Waals surface area contributed by atoms with Crippen molar-refractivity contribution in [2.24, 2.45) is 5.73 Å². The number of anilines is 4. The van der Waals surface area contributed by atoms with Crippen LogP contribution in [0.5, 0.6) is 0 Å². The Hall–Kier alpha value is -3.65. The number of ether oxygens (including phenoxy) is 1. The van der Waals surface area contributed by atoms with E-state index in [0.29, 0.717) is 5.95 Å². The van der Waals surface area contributed by atoms with Crippen LogP contribution >= 0.6 is 0 Å². The molecule has 1 atom stereocenters. The van der Waals surface area contributed by atoms with Gasteiger partial charge in [0.2, 0.25) is 11.9 Å². The number of primary amides is 1. The smallest absolute Gasteiger partial charge is 0.239 e. The Bertz CT molecular complexity index is 1070. The average molecular weight is 461 g/mol. The molecule has 4 rings (SSSR count). The zero-order valence-corrected chi connectivity index (χ0v) is 19.5. The third kappa shape index (κ3) is 6.23. The number of carbonyl (C=O) groups excluding carboxylic acids is 1. The molecule has 1 aromatic heterocycles. The molecule has 1 amide bonds. The molecule has 0 spiro atoms. The molecule has 0 radical (unpaired) electrons. The molecule has 1 fully saturated rings. The number of hydrogen-bond donors (Lipinski definition) is 3. The molecule has 8 nitrogen and oxygen atoms in total. The normalized spacial score (nSPS) is 14.4. The van der Waals surface area contributed by atoms with Gasteiger partial charge in [-0.05, 0) is 48.9 Å². The highest BCUT2D eigenvalue weighted by Crippen LogP contribution is 2.24. The third-order valence-corrected chi connectivity index (χ3v) is 5.87. The van der Waals surface area contributed by atoms with Crippen LogP contribution < -0.4 is 21.3 Å². The molecule has 3 aromatic rings. The standard InChI is InChI=1S/C26H32N6O2/c1-2-3-4-24(25(27)33)29-20-7-5-19(6-8-20)23-13-14-28-26(31-23)30-21-9-11-22(12-10-21)32-15-17-34-18-16-32/h5-14,24,29H,2-4,15-18H2,1H3,(H2,27,33)(H,28,30,31)/t24-/m1/s1. The second-order valence-corrected chi connectivity index (χ2v) is 8.36. The Balaban J connectivity index is 1.40. The first-order valence-corrected chi connectivity index (χ1v) is 11.8. The number of unbranched alkanes of at least 4 members (excludes halogenated alkanes) is 1. The molecule has 8 heteroatoms. The molecule has 4 N–H and O–H groups in total. The molecular weight excluding hydrogens is 428 g/mol. The fourth-order valence-corrected chi connectivity index (χ4v) is 3.92. The maximum Gasteiger partial charge on any atom is 0.239 e. The van der Waals surface area contributed by atoms with Gasteiger partial charge in [-0.15, -0.1) is 0 Å². The van der Waals surface area contributed by atoms with Gasteiger partial charge in [0.05, 0.1) is 18.9 Å². The van der Waals surface area contributed by atoms with Gasteiger partial charge in [0.1, 0.15) is 6.04 Å². The monoisotopic (exact) mass is 460 g/mol. The lowest BCUT2D eigenvalue weighted by molar-refractivity contribution is -0.118. The van der Waals surface area contributed by atoms with Crippen molar-refractivity contribution in [1.29, 1.82) is 0 Å². The van der Waals surface area contributed by atoms with E-state index in [1.807, 2.05) is 42.5 Å². The molecule has 2 aromatic carbocycles. The van der Waals surface area contributed by atoms with Crippen LogP contribution in [0.15, 0.2) is 60.8 Å². The fraction of sp³-hybridized carbons (Fsp3) is 0.346. The largest absolute Gasteiger partial charge is 0.378 e. The Morgan fingerprint density at radius 1 is 1.06 bits per heavy atom. The Labute approximate surface area is 200 Å². The van der Waals surface area contributed by atoms with Gasteiger partial charge < -0.3 is 26.0 Å². The summed E-state index contributed by atoms with van der Waals surface area (Å²) < 4.78 is 5.43. The van der Waals surface area contributed by atoms with E-state index in [4.69, 9.17) is 10.5 Å². The number of amides is 1. The number of aromatic nitrogens is 2. The molecular formula is C26H32N6O2. The highest BCUT2D eigenvalue weighted by atomic mass is 16.5. The third-order valence-electron chi connectivity index (χ3n) is 5.87. The maximum atomic E-state index is 11.7. The number of rotatable bonds is 10. The summed E-state index contributed by atoms with van der Waals surface area (Å²) in [4.78, 5) is 23.1. The van der Waals surface area contributed by atoms with Gasteiger partial charge in [-0.3, -0.25) is 4.79 Å². The van der Waals surface area contributed by atoms with Crippen molar-refractivity contribution in [3.05, 3.63) is 60.8 Å². The van der Waals surface area contributed by atoms with Gasteiger partial charge in [0.25, 0.3) is 0 Å². The maximum absolute atomic E-state index is 11.7. The highest BCUT2D eigenvalue weighted by Gasteiger charge is 2.14. The SMILES string of the molecule is CCCC[C@@H](Nc1ccc(-c2ccnc(Nc3ccc(N4CCOCC4)cc3)n2)cc1)C(N)=O. The molecule has 1 saturated heterocycles. The van der Waals surface area contributed by atoms with Crippen LogP contribution in [-0.4, -0.2) is 48.2 Å². The predicted molar refractivity (Wildman–Crippen MR) is 136 cm³/mol. The van der Waals surface area contributed by atoms with E-state index in [0.717, 1.165) is 68.2 Å². The number of carbonyl (C=O) groups is 1. The molecule has 34 heavy (non-hydrogen) atoms. The van der Waals surface area contributed by atoms with Crippen molar-refractivity contribution in [3.63, 3.8) is 0 Å². The quantitative estimate of drug-likeness (QED) is 0.417. The van der Waals surface area contributed by atoms with Crippen molar-refractivity contribution >= 4 is 28.9 Å². The van der Waals surface area contributed by atoms with Crippen molar-refractivity contribution in [2.45, 2.75) is 32.2 Å². The summed E-state index contributed by atoms with van der Waals surface area (Å²) in [5.41, 5.74) is 10.3. The topological polar surface area (TPSA) is 105 Å². The fourth-order valence-electron chi connectivity index (χ4n) is 3.92. The van der Waals surface area contributed by atoms with Gasteiger partial charge in [0.15, 0.2) is 0 Å². The lowest BCUT2D eigenvalue weighted by Crippen LogP contribution is -2.36. The van der Waals surface area contributed by atoms with Gasteiger partial charge in [-0.1, -0.05) is 31.9 Å². The zero-order chi connectivity index (χ0) is 23.8. The van der Waals surface area contributed by atoms with Crippen LogP contribution in [0.4, 0.5) is 23.0 Å². The summed E-state index contributed by atoms with van der Waals surface area (Å²) >= 11 is 0. The molecule has 2 heterocycles. The lowest BCUT2D eigenvalue weighted by atomic mass is 10.1. The number of morpholine rings is 1. The average Bonchev–Trinajstić information content (AvgIpc) is 2.88. The highest BCUT2D eigenvalue weighted by molar-refractivity contribution is 5.83. The van der Waals surface area contributed by atoms with E-state index in [2.05, 4.69) is 44.6 Å². The van der Waals surface area contributed by atoms with E-state index in [-0.39, 0.29) is 11.9 Å². The number of nitrogens with two attached hydrogens (primary N) is 1. The molecule has 0 bridgehead atoms. The summed E-state index contributed by atoms with van der Waals surface area (Å²) in [6.07, 6.45) is 4.44. The van der Waals surface area contributed by atoms with Crippen LogP contribution in [0, 0.1) is 0 Å². The Morgan fingerprint density at radius 2 is 1.76 bits per heavy atom. The minimum atomic E-state index is -0.365. The van der Waals surface area contributed by atoms with Crippen molar-refractivity contribution in [3.8, 4) is 11.3 Å². The summed E-state index contributed by atoms with van der Waals surface area (Å²) in [7, 11) is 0. The molecule has 0 aliphatic carbocycles. The van der Waals surface area contributed by atoms with Crippen molar-refractivity contribution in [2.75, 3.05) is 41.8 Å². The van der Waals surface area contributed by atoms with Gasteiger partial charge in [-0.2, -0.15) is 0 Å². The molecule has 0 saturated carbocycles. The van der Waals surface area contributed by atoms with Gasteiger partial charge >= 0.3 is 0 Å². The van der Waals surface area contributed by atoms with E-state index in [9.17, 15) is 4.79 Å². The first-order chi connectivity index (χ1) is 16.6. The van der Waals surface area contributed by atoms with Crippen molar-refractivity contribution in [1.82, 2.24) is 9.97 Å². The van der Waals surface area contributed by atoms with Crippen LogP contribution in [0.25, 0.3) is 11.3 Å². The number of nitrogens with zero attached hydrogens (tertiary/aromatic N) is 3. The van der Waals surface area contributed by atoms with Crippen LogP contribution in [0.2, 0.25) is 0 Å². The van der Waals surface area contributed by atoms with E-state index >= 15 is 0 Å². The molecule has 178 valence electrons. The second-order valence-electron chi connectivity index (χ2n) is 8.36. The first kappa shape index (κ1) is 23.5. The minimum absolute atomic E-state index is 0.331. The minimum Gasteiger partial charge on any atom is -0.378 e. The second kappa shape index (κ2) is 11.5. The summed E-state index contributed by atoms with van der Waals surface area (Å²) in [6, 6.07) is 17.6.